The maximum Gasteiger partial charge on any atom is 0.224 e. The van der Waals surface area contributed by atoms with E-state index >= 15 is 0 Å². The Bertz CT molecular complexity index is 437. The van der Waals surface area contributed by atoms with E-state index in [-0.39, 0.29) is 11.8 Å². The lowest BCUT2D eigenvalue weighted by molar-refractivity contribution is -0.132. The predicted molar refractivity (Wildman–Crippen MR) is 89.3 cm³/mol. The molecule has 1 rings (SSSR count). The van der Waals surface area contributed by atoms with Gasteiger partial charge in [-0.05, 0) is 44.0 Å². The number of nitrogens with zero attached hydrogens (tertiary/aromatic N) is 2. The molecule has 0 aliphatic heterocycles. The van der Waals surface area contributed by atoms with Crippen molar-refractivity contribution in [2.75, 3.05) is 28.2 Å². The Morgan fingerprint density at radius 2 is 1.67 bits per heavy atom. The van der Waals surface area contributed by atoms with Gasteiger partial charge in [0.15, 0.2) is 0 Å². The second kappa shape index (κ2) is 8.18. The molecule has 21 heavy (non-hydrogen) atoms. The van der Waals surface area contributed by atoms with Gasteiger partial charge in [-0.3, -0.25) is 4.79 Å². The van der Waals surface area contributed by atoms with E-state index in [1.165, 1.54) is 11.1 Å². The average molecular weight is 290 g/mol. The molecule has 0 saturated heterocycles. The summed E-state index contributed by atoms with van der Waals surface area (Å²) < 4.78 is 0. The number of hydrogen-bond donors (Lipinski definition) is 0. The largest absolute Gasteiger partial charge is 0.349 e. The number of carbonyl (C=O) groups is 1. The maximum absolute atomic E-state index is 12.0. The predicted octanol–water partition coefficient (Wildman–Crippen LogP) is 3.36. The fourth-order valence-electron chi connectivity index (χ4n) is 2.77. The van der Waals surface area contributed by atoms with Crippen molar-refractivity contribution in [1.29, 1.82) is 0 Å². The first kappa shape index (κ1) is 17.7. The fourth-order valence-corrected chi connectivity index (χ4v) is 2.77. The van der Waals surface area contributed by atoms with Crippen LogP contribution >= 0.6 is 0 Å². The van der Waals surface area contributed by atoms with E-state index in [0.29, 0.717) is 5.92 Å². The monoisotopic (exact) mass is 290 g/mol. The highest BCUT2D eigenvalue weighted by Crippen LogP contribution is 2.28. The topological polar surface area (TPSA) is 23.6 Å². The van der Waals surface area contributed by atoms with Crippen LogP contribution in [0.5, 0.6) is 0 Å². The molecule has 0 heterocycles. The van der Waals surface area contributed by atoms with Crippen LogP contribution in [0.25, 0.3) is 0 Å². The Kier molecular flexibility index (Phi) is 6.90. The molecule has 0 aliphatic rings. The minimum absolute atomic E-state index is 0.0754. The number of carbonyl (C=O) groups excluding carboxylic acids is 1. The van der Waals surface area contributed by atoms with Gasteiger partial charge < -0.3 is 9.80 Å². The van der Waals surface area contributed by atoms with Crippen LogP contribution in [0.15, 0.2) is 24.3 Å². The first-order chi connectivity index (χ1) is 9.85. The third-order valence-corrected chi connectivity index (χ3v) is 3.94. The summed E-state index contributed by atoms with van der Waals surface area (Å²) in [5.74, 6) is 0.751. The van der Waals surface area contributed by atoms with Crippen LogP contribution in [-0.2, 0) is 11.3 Å². The Morgan fingerprint density at radius 1 is 1.10 bits per heavy atom. The smallest absolute Gasteiger partial charge is 0.224 e. The van der Waals surface area contributed by atoms with Gasteiger partial charge in [0.25, 0.3) is 0 Å². The Hall–Kier alpha value is -1.35. The highest BCUT2D eigenvalue weighted by molar-refractivity contribution is 5.77. The summed E-state index contributed by atoms with van der Waals surface area (Å²) in [5, 5.41) is 0. The Balaban J connectivity index is 2.74. The molecule has 1 amide bonds. The van der Waals surface area contributed by atoms with Crippen LogP contribution in [0, 0.1) is 5.92 Å². The molecule has 0 radical (unpaired) electrons. The third-order valence-electron chi connectivity index (χ3n) is 3.94. The van der Waals surface area contributed by atoms with Crippen LogP contribution in [0.3, 0.4) is 0 Å². The molecule has 0 fully saturated rings. The third kappa shape index (κ3) is 5.50. The molecule has 1 aromatic carbocycles. The summed E-state index contributed by atoms with van der Waals surface area (Å²) in [6.45, 7) is 5.20. The van der Waals surface area contributed by atoms with Crippen LogP contribution in [0.1, 0.15) is 43.7 Å². The minimum atomic E-state index is 0.0754. The Morgan fingerprint density at radius 3 is 2.10 bits per heavy atom. The number of benzene rings is 1. The van der Waals surface area contributed by atoms with Crippen LogP contribution in [-0.4, -0.2) is 43.9 Å². The summed E-state index contributed by atoms with van der Waals surface area (Å²) in [6, 6.07) is 8.85. The van der Waals surface area contributed by atoms with Gasteiger partial charge in [-0.2, -0.15) is 0 Å². The van der Waals surface area contributed by atoms with E-state index in [1.807, 2.05) is 21.0 Å². The van der Waals surface area contributed by atoms with Crippen molar-refractivity contribution in [3.63, 3.8) is 0 Å². The van der Waals surface area contributed by atoms with Gasteiger partial charge in [0.1, 0.15) is 0 Å². The summed E-state index contributed by atoms with van der Waals surface area (Å²) in [6.07, 6.45) is 1.98. The molecule has 0 aliphatic carbocycles. The molecule has 118 valence electrons. The molecule has 0 bridgehead atoms. The molecular formula is C18H30N2O. The summed E-state index contributed by atoms with van der Waals surface area (Å²) in [5.41, 5.74) is 2.68. The van der Waals surface area contributed by atoms with Gasteiger partial charge in [-0.25, -0.2) is 0 Å². The van der Waals surface area contributed by atoms with E-state index in [1.54, 1.807) is 4.90 Å². The van der Waals surface area contributed by atoms with Gasteiger partial charge in [-0.15, -0.1) is 0 Å². The average Bonchev–Trinajstić information content (AvgIpc) is 2.43. The van der Waals surface area contributed by atoms with Crippen molar-refractivity contribution in [3.05, 3.63) is 35.4 Å². The molecule has 0 N–H and O–H groups in total. The van der Waals surface area contributed by atoms with Crippen molar-refractivity contribution in [1.82, 2.24) is 9.80 Å². The van der Waals surface area contributed by atoms with Gasteiger partial charge >= 0.3 is 0 Å². The number of hydrogen-bond acceptors (Lipinski definition) is 2. The van der Waals surface area contributed by atoms with Crippen molar-refractivity contribution < 1.29 is 4.79 Å². The zero-order chi connectivity index (χ0) is 16.0. The molecule has 2 unspecified atom stereocenters. The van der Waals surface area contributed by atoms with E-state index in [0.717, 1.165) is 19.4 Å². The minimum Gasteiger partial charge on any atom is -0.349 e. The summed E-state index contributed by atoms with van der Waals surface area (Å²) in [4.78, 5) is 15.9. The van der Waals surface area contributed by atoms with Crippen LogP contribution < -0.4 is 0 Å². The molecule has 2 atom stereocenters. The van der Waals surface area contributed by atoms with Gasteiger partial charge in [0.05, 0.1) is 0 Å². The lowest BCUT2D eigenvalue weighted by atomic mass is 9.87. The highest BCUT2D eigenvalue weighted by atomic mass is 16.2. The molecule has 1 aromatic rings. The molecule has 3 nitrogen and oxygen atoms in total. The second-order valence-electron chi connectivity index (χ2n) is 6.45. The highest BCUT2D eigenvalue weighted by Gasteiger charge is 2.20. The molecule has 0 aromatic heterocycles. The second-order valence-corrected chi connectivity index (χ2v) is 6.45. The van der Waals surface area contributed by atoms with E-state index in [9.17, 15) is 4.79 Å². The van der Waals surface area contributed by atoms with Crippen molar-refractivity contribution >= 4 is 5.91 Å². The van der Waals surface area contributed by atoms with Gasteiger partial charge in [0.2, 0.25) is 5.91 Å². The van der Waals surface area contributed by atoms with E-state index < -0.39 is 0 Å². The SMILES string of the molecule is CCC(CC(C)C(=O)N(C)C)c1ccc(CN(C)C)cc1. The first-order valence-electron chi connectivity index (χ1n) is 7.79. The van der Waals surface area contributed by atoms with Gasteiger partial charge in [0, 0.05) is 26.6 Å². The zero-order valence-corrected chi connectivity index (χ0v) is 14.4. The fraction of sp³-hybridized carbons (Fsp3) is 0.611. The first-order valence-corrected chi connectivity index (χ1v) is 7.79. The van der Waals surface area contributed by atoms with Crippen molar-refractivity contribution in [2.24, 2.45) is 5.92 Å². The number of amides is 1. The molecule has 0 saturated carbocycles. The summed E-state index contributed by atoms with van der Waals surface area (Å²) >= 11 is 0. The van der Waals surface area contributed by atoms with E-state index in [4.69, 9.17) is 0 Å². The summed E-state index contributed by atoms with van der Waals surface area (Å²) in [7, 11) is 7.82. The quantitative estimate of drug-likeness (QED) is 0.769. The molecular weight excluding hydrogens is 260 g/mol. The van der Waals surface area contributed by atoms with E-state index in [2.05, 4.69) is 50.2 Å². The molecule has 0 spiro atoms. The zero-order valence-electron chi connectivity index (χ0n) is 14.4. The van der Waals surface area contributed by atoms with Crippen molar-refractivity contribution in [2.45, 2.75) is 39.2 Å². The van der Waals surface area contributed by atoms with Crippen LogP contribution in [0.2, 0.25) is 0 Å². The lowest BCUT2D eigenvalue weighted by Gasteiger charge is -2.22. The van der Waals surface area contributed by atoms with Gasteiger partial charge in [-0.1, -0.05) is 38.1 Å². The normalized spacial score (nSPS) is 14.0. The van der Waals surface area contributed by atoms with Crippen molar-refractivity contribution in [3.8, 4) is 0 Å². The lowest BCUT2D eigenvalue weighted by Crippen LogP contribution is -2.28. The Labute approximate surface area is 129 Å². The molecule has 3 heteroatoms. The standard InChI is InChI=1S/C18H30N2O/c1-7-16(12-14(2)18(21)20(5)6)17-10-8-15(9-11-17)13-19(3)4/h8-11,14,16H,7,12-13H2,1-6H3. The van der Waals surface area contributed by atoms with Crippen LogP contribution in [0.4, 0.5) is 0 Å². The maximum atomic E-state index is 12.0. The number of rotatable bonds is 7.